The molecule has 2 unspecified atom stereocenters. The molecule has 1 N–H and O–H groups in total. The van der Waals surface area contributed by atoms with Crippen LogP contribution in [0.1, 0.15) is 58.8 Å². The van der Waals surface area contributed by atoms with Gasteiger partial charge in [-0.3, -0.25) is 0 Å². The van der Waals surface area contributed by atoms with Crippen LogP contribution in [0.25, 0.3) is 0 Å². The lowest BCUT2D eigenvalue weighted by Gasteiger charge is -2.29. The highest BCUT2D eigenvalue weighted by Crippen LogP contribution is 2.14. The summed E-state index contributed by atoms with van der Waals surface area (Å²) in [6.45, 7) is 8.96. The van der Waals surface area contributed by atoms with Gasteiger partial charge in [-0.15, -0.1) is 0 Å². The number of halogens is 1. The molecule has 2 heteroatoms. The molecule has 1 nitrogen and oxygen atoms in total. The number of quaternary nitrogens is 1. The third-order valence-corrected chi connectivity index (χ3v) is 3.57. The normalized spacial score (nSPS) is 26.0. The van der Waals surface area contributed by atoms with Gasteiger partial charge in [0.25, 0.3) is 0 Å². The molecule has 1 saturated heterocycles. The molecule has 0 radical (unpaired) electrons. The second-order valence-corrected chi connectivity index (χ2v) is 4.96. The molecule has 1 fully saturated rings. The zero-order valence-corrected chi connectivity index (χ0v) is 11.3. The molecule has 0 aromatic heterocycles. The Bertz CT molecular complexity index is 124. The molecule has 2 atom stereocenters. The number of hydrogen-bond acceptors (Lipinski definition) is 0. The summed E-state index contributed by atoms with van der Waals surface area (Å²) in [6.07, 6.45) is 10.1. The van der Waals surface area contributed by atoms with Crippen LogP contribution in [0, 0.1) is 5.92 Å². The van der Waals surface area contributed by atoms with Gasteiger partial charge in [-0.05, 0) is 25.7 Å². The van der Waals surface area contributed by atoms with Crippen LogP contribution in [0.3, 0.4) is 0 Å². The van der Waals surface area contributed by atoms with Crippen molar-refractivity contribution in [3.8, 4) is 0 Å². The van der Waals surface area contributed by atoms with E-state index >= 15 is 0 Å². The number of hydrogen-bond donors (Lipinski definition) is 1. The fraction of sp³-hybridized carbons (Fsp3) is 1.00. The molecule has 0 amide bonds. The second-order valence-electron chi connectivity index (χ2n) is 4.96. The lowest BCUT2D eigenvalue weighted by atomic mass is 9.93. The van der Waals surface area contributed by atoms with E-state index < -0.39 is 0 Å². The summed E-state index contributed by atoms with van der Waals surface area (Å²) in [4.78, 5) is 1.89. The van der Waals surface area contributed by atoms with Crippen LogP contribution in [-0.2, 0) is 0 Å². The highest BCUT2D eigenvalue weighted by atomic mass is 35.5. The third kappa shape index (κ3) is 6.42. The first-order valence-corrected chi connectivity index (χ1v) is 6.70. The van der Waals surface area contributed by atoms with Crippen molar-refractivity contribution in [1.29, 1.82) is 0 Å². The predicted octanol–water partition coefficient (Wildman–Crippen LogP) is -0.724. The van der Waals surface area contributed by atoms with E-state index in [9.17, 15) is 0 Å². The van der Waals surface area contributed by atoms with Crippen LogP contribution in [0.2, 0.25) is 0 Å². The van der Waals surface area contributed by atoms with Crippen molar-refractivity contribution < 1.29 is 17.3 Å². The highest BCUT2D eigenvalue weighted by molar-refractivity contribution is 4.61. The maximum Gasteiger partial charge on any atom is 0.0799 e. The van der Waals surface area contributed by atoms with Gasteiger partial charge in [0.05, 0.1) is 19.6 Å². The highest BCUT2D eigenvalue weighted by Gasteiger charge is 2.21. The minimum atomic E-state index is 0. The van der Waals surface area contributed by atoms with Crippen LogP contribution >= 0.6 is 0 Å². The van der Waals surface area contributed by atoms with E-state index in [-0.39, 0.29) is 12.4 Å². The van der Waals surface area contributed by atoms with Gasteiger partial charge in [-0.1, -0.05) is 33.1 Å². The smallest absolute Gasteiger partial charge is 0.0799 e. The Hall–Kier alpha value is 0.250. The molecule has 0 saturated carbocycles. The van der Waals surface area contributed by atoms with Crippen LogP contribution in [0.15, 0.2) is 0 Å². The maximum atomic E-state index is 2.31. The summed E-state index contributed by atoms with van der Waals surface area (Å²) in [7, 11) is 0. The zero-order valence-electron chi connectivity index (χ0n) is 10.5. The molecule has 15 heavy (non-hydrogen) atoms. The van der Waals surface area contributed by atoms with E-state index in [2.05, 4.69) is 13.8 Å². The van der Waals surface area contributed by atoms with Crippen molar-refractivity contribution in [3.05, 3.63) is 0 Å². The molecule has 1 rings (SSSR count). The summed E-state index contributed by atoms with van der Waals surface area (Å²) in [5, 5.41) is 0. The van der Waals surface area contributed by atoms with Crippen molar-refractivity contribution in [1.82, 2.24) is 0 Å². The zero-order chi connectivity index (χ0) is 10.2. The predicted molar refractivity (Wildman–Crippen MR) is 62.7 cm³/mol. The van der Waals surface area contributed by atoms with Gasteiger partial charge in [-0.2, -0.15) is 0 Å². The molecular formula is C13H28ClN. The molecule has 92 valence electrons. The van der Waals surface area contributed by atoms with E-state index in [0.717, 1.165) is 5.92 Å². The van der Waals surface area contributed by atoms with Crippen molar-refractivity contribution >= 4 is 0 Å². The van der Waals surface area contributed by atoms with E-state index in [1.807, 2.05) is 4.90 Å². The van der Waals surface area contributed by atoms with Gasteiger partial charge in [0.15, 0.2) is 0 Å². The molecule has 1 heterocycles. The van der Waals surface area contributed by atoms with E-state index in [0.29, 0.717) is 0 Å². The first kappa shape index (κ1) is 15.2. The minimum Gasteiger partial charge on any atom is -1.00 e. The van der Waals surface area contributed by atoms with Gasteiger partial charge >= 0.3 is 0 Å². The molecule has 0 aromatic rings. The van der Waals surface area contributed by atoms with Crippen molar-refractivity contribution in [2.75, 3.05) is 19.6 Å². The fourth-order valence-corrected chi connectivity index (χ4v) is 2.65. The van der Waals surface area contributed by atoms with Gasteiger partial charge in [0, 0.05) is 5.92 Å². The third-order valence-electron chi connectivity index (χ3n) is 3.57. The number of likely N-dealkylation sites (tertiary alicyclic amines) is 1. The quantitative estimate of drug-likeness (QED) is 0.618. The standard InChI is InChI=1S/C13H27N.ClH/c1-3-5-8-13-9-7-11-14(12-13)10-6-4-2;/h13H,3-12H2,1-2H3;1H. The summed E-state index contributed by atoms with van der Waals surface area (Å²) in [6, 6.07) is 0. The van der Waals surface area contributed by atoms with Gasteiger partial charge in [0.1, 0.15) is 0 Å². The Kier molecular flexibility index (Phi) is 9.63. The average Bonchev–Trinajstić information content (AvgIpc) is 2.24. The molecule has 0 aliphatic carbocycles. The van der Waals surface area contributed by atoms with Crippen molar-refractivity contribution in [3.63, 3.8) is 0 Å². The van der Waals surface area contributed by atoms with Gasteiger partial charge in [-0.25, -0.2) is 0 Å². The molecule has 1 aliphatic rings. The van der Waals surface area contributed by atoms with Crippen molar-refractivity contribution in [2.45, 2.75) is 58.8 Å². The Balaban J connectivity index is 0.00000196. The number of piperidine rings is 1. The van der Waals surface area contributed by atoms with E-state index in [1.165, 1.54) is 64.6 Å². The Morgan fingerprint density at radius 3 is 2.53 bits per heavy atom. The minimum absolute atomic E-state index is 0. The first-order chi connectivity index (χ1) is 6.86. The van der Waals surface area contributed by atoms with Gasteiger partial charge < -0.3 is 17.3 Å². The molecular weight excluding hydrogens is 206 g/mol. The molecule has 1 aliphatic heterocycles. The lowest BCUT2D eigenvalue weighted by molar-refractivity contribution is -0.909. The summed E-state index contributed by atoms with van der Waals surface area (Å²) in [5.41, 5.74) is 0. The molecule has 0 aromatic carbocycles. The lowest BCUT2D eigenvalue weighted by Crippen LogP contribution is -3.13. The van der Waals surface area contributed by atoms with E-state index in [4.69, 9.17) is 0 Å². The van der Waals surface area contributed by atoms with Crippen molar-refractivity contribution in [2.24, 2.45) is 5.92 Å². The molecule has 0 spiro atoms. The Morgan fingerprint density at radius 1 is 1.13 bits per heavy atom. The van der Waals surface area contributed by atoms with Crippen LogP contribution in [0.5, 0.6) is 0 Å². The largest absolute Gasteiger partial charge is 1.00 e. The summed E-state index contributed by atoms with van der Waals surface area (Å²) in [5.74, 6) is 1.05. The SMILES string of the molecule is CCCCC1CCC[NH+](CCCC)C1.[Cl-]. The number of rotatable bonds is 6. The fourth-order valence-electron chi connectivity index (χ4n) is 2.65. The average molecular weight is 234 g/mol. The second kappa shape index (κ2) is 9.47. The first-order valence-electron chi connectivity index (χ1n) is 6.70. The Morgan fingerprint density at radius 2 is 1.87 bits per heavy atom. The number of unbranched alkanes of at least 4 members (excludes halogenated alkanes) is 2. The Labute approximate surface area is 102 Å². The van der Waals surface area contributed by atoms with Crippen LogP contribution in [-0.4, -0.2) is 19.6 Å². The van der Waals surface area contributed by atoms with Gasteiger partial charge in [0.2, 0.25) is 0 Å². The summed E-state index contributed by atoms with van der Waals surface area (Å²) < 4.78 is 0. The van der Waals surface area contributed by atoms with Crippen LogP contribution in [0.4, 0.5) is 0 Å². The monoisotopic (exact) mass is 233 g/mol. The van der Waals surface area contributed by atoms with Crippen LogP contribution < -0.4 is 17.3 Å². The molecule has 0 bridgehead atoms. The summed E-state index contributed by atoms with van der Waals surface area (Å²) >= 11 is 0. The maximum absolute atomic E-state index is 2.31. The topological polar surface area (TPSA) is 4.44 Å². The number of nitrogens with one attached hydrogen (secondary N) is 1. The van der Waals surface area contributed by atoms with E-state index in [1.54, 1.807) is 0 Å².